The average Bonchev–Trinajstić information content (AvgIpc) is 3.64. The fraction of sp³-hybridized carbons (Fsp3) is 0.475. The first-order valence-electron chi connectivity index (χ1n) is 18.5. The molecular formula is C40H49N7O5. The number of unbranched alkanes of at least 4 members (excludes halogenated alkanes) is 1. The maximum atomic E-state index is 13.3. The van der Waals surface area contributed by atoms with Crippen LogP contribution >= 0.6 is 0 Å². The summed E-state index contributed by atoms with van der Waals surface area (Å²) in [6, 6.07) is 14.7. The van der Waals surface area contributed by atoms with Crippen LogP contribution in [0, 0.1) is 6.92 Å². The van der Waals surface area contributed by atoms with Gasteiger partial charge in [0.15, 0.2) is 5.82 Å². The third-order valence-corrected chi connectivity index (χ3v) is 10.3. The minimum absolute atomic E-state index is 0.0599. The van der Waals surface area contributed by atoms with E-state index in [-0.39, 0.29) is 42.5 Å². The van der Waals surface area contributed by atoms with E-state index in [1.165, 1.54) is 16.0 Å². The van der Waals surface area contributed by atoms with E-state index in [1.807, 2.05) is 31.2 Å². The first-order chi connectivity index (χ1) is 25.2. The Kier molecular flexibility index (Phi) is 12.1. The van der Waals surface area contributed by atoms with Crippen molar-refractivity contribution in [3.63, 3.8) is 0 Å². The summed E-state index contributed by atoms with van der Waals surface area (Å²) in [5.41, 5.74) is 6.06. The molecule has 1 aromatic heterocycles. The Morgan fingerprint density at radius 3 is 2.52 bits per heavy atom. The number of anilines is 1. The molecule has 1 saturated heterocycles. The number of carbonyl (C=O) groups is 4. The largest absolute Gasteiger partial charge is 0.384 e. The number of carbonyl (C=O) groups excluding carboxylic acids is 4. The molecule has 3 aliphatic rings. The first kappa shape index (κ1) is 36.8. The van der Waals surface area contributed by atoms with E-state index < -0.39 is 6.04 Å². The summed E-state index contributed by atoms with van der Waals surface area (Å²) in [5, 5.41) is 15.0. The SMILES string of the molecule is C/C1=C(\C)CC(c2ccccc2)=NC(CC(=O)CCCCOCCCNc2cccc3c2C(=O)N(C2CCC(=O)NC2)C3=O)c2nnc(C)n2CC1. The Bertz CT molecular complexity index is 1850. The van der Waals surface area contributed by atoms with Crippen molar-refractivity contribution >= 4 is 34.9 Å². The molecule has 2 atom stereocenters. The van der Waals surface area contributed by atoms with E-state index >= 15 is 0 Å². The second kappa shape index (κ2) is 17.0. The Hall–Kier alpha value is -4.97. The summed E-state index contributed by atoms with van der Waals surface area (Å²) < 4.78 is 7.98. The van der Waals surface area contributed by atoms with Crippen molar-refractivity contribution in [2.24, 2.45) is 4.99 Å². The van der Waals surface area contributed by atoms with Gasteiger partial charge in [-0.05, 0) is 70.6 Å². The number of allylic oxidation sites excluding steroid dienone is 2. The van der Waals surface area contributed by atoms with Crippen LogP contribution in [0.25, 0.3) is 0 Å². The van der Waals surface area contributed by atoms with Gasteiger partial charge in [-0.3, -0.25) is 29.1 Å². The van der Waals surface area contributed by atoms with Crippen LogP contribution in [-0.4, -0.2) is 81.2 Å². The highest BCUT2D eigenvalue weighted by atomic mass is 16.5. The van der Waals surface area contributed by atoms with Crippen LogP contribution in [0.2, 0.25) is 0 Å². The van der Waals surface area contributed by atoms with Gasteiger partial charge in [0, 0.05) is 69.9 Å². The monoisotopic (exact) mass is 707 g/mol. The van der Waals surface area contributed by atoms with Crippen LogP contribution in [-0.2, 0) is 20.9 Å². The van der Waals surface area contributed by atoms with E-state index in [2.05, 4.69) is 51.4 Å². The number of benzene rings is 2. The van der Waals surface area contributed by atoms with Crippen molar-refractivity contribution in [2.45, 2.75) is 97.2 Å². The molecule has 12 heteroatoms. The minimum atomic E-state index is -0.406. The topological polar surface area (TPSA) is 148 Å². The Morgan fingerprint density at radius 1 is 0.923 bits per heavy atom. The number of piperidine rings is 1. The lowest BCUT2D eigenvalue weighted by molar-refractivity contribution is -0.123. The number of imide groups is 1. The molecule has 12 nitrogen and oxygen atoms in total. The number of amides is 3. The number of hydrogen-bond donors (Lipinski definition) is 2. The minimum Gasteiger partial charge on any atom is -0.384 e. The maximum Gasteiger partial charge on any atom is 0.263 e. The molecule has 3 amide bonds. The van der Waals surface area contributed by atoms with Crippen LogP contribution in [0.5, 0.6) is 0 Å². The standard InChI is InChI=1S/C40H49N7O5/c1-26-18-20-46-28(3)44-45-38(46)35(43-34(23-27(26)2)29-11-5-4-6-12-29)24-31(48)13-7-8-21-52-22-10-19-41-33-15-9-14-32-37(33)40(51)47(39(32)50)30-16-17-36(49)42-25-30/h4-6,9,11-12,14-15,30,35,41H,7-8,10,13,16-25H2,1-3H3,(H,42,49)/b27-26-,43-34?. The summed E-state index contributed by atoms with van der Waals surface area (Å²) in [4.78, 5) is 57.8. The second-order valence-corrected chi connectivity index (χ2v) is 14.0. The third kappa shape index (κ3) is 8.55. The van der Waals surface area contributed by atoms with E-state index in [4.69, 9.17) is 9.73 Å². The Balaban J connectivity index is 0.960. The van der Waals surface area contributed by atoms with Crippen LogP contribution < -0.4 is 10.6 Å². The predicted molar refractivity (Wildman–Crippen MR) is 198 cm³/mol. The molecule has 2 N–H and O–H groups in total. The number of aliphatic imine (C=N–C) groups is 1. The summed E-state index contributed by atoms with van der Waals surface area (Å²) in [5.74, 6) is 1.03. The fourth-order valence-electron chi connectivity index (χ4n) is 7.12. The third-order valence-electron chi connectivity index (χ3n) is 10.3. The van der Waals surface area contributed by atoms with Gasteiger partial charge in [0.2, 0.25) is 5.91 Å². The molecule has 274 valence electrons. The fourth-order valence-corrected chi connectivity index (χ4v) is 7.12. The molecule has 0 aliphatic carbocycles. The maximum absolute atomic E-state index is 13.3. The van der Waals surface area contributed by atoms with E-state index in [0.29, 0.717) is 62.3 Å². The lowest BCUT2D eigenvalue weighted by Crippen LogP contribution is -2.50. The van der Waals surface area contributed by atoms with Gasteiger partial charge in [0.1, 0.15) is 17.6 Å². The lowest BCUT2D eigenvalue weighted by Gasteiger charge is -2.29. The normalized spacial score (nSPS) is 20.6. The number of rotatable bonds is 14. The molecule has 6 rings (SSSR count). The van der Waals surface area contributed by atoms with Crippen LogP contribution in [0.1, 0.15) is 116 Å². The molecule has 2 aromatic carbocycles. The molecular weight excluding hydrogens is 658 g/mol. The van der Waals surface area contributed by atoms with E-state index in [9.17, 15) is 19.2 Å². The highest BCUT2D eigenvalue weighted by Gasteiger charge is 2.42. The zero-order chi connectivity index (χ0) is 36.6. The molecule has 52 heavy (non-hydrogen) atoms. The number of Topliss-reactive ketones (excluding diaryl/α,β-unsaturated/α-hetero) is 1. The molecule has 4 heterocycles. The predicted octanol–water partition coefficient (Wildman–Crippen LogP) is 5.77. The first-order valence-corrected chi connectivity index (χ1v) is 18.5. The van der Waals surface area contributed by atoms with Gasteiger partial charge < -0.3 is 19.9 Å². The van der Waals surface area contributed by atoms with Crippen molar-refractivity contribution in [3.8, 4) is 0 Å². The lowest BCUT2D eigenvalue weighted by atomic mass is 9.96. The number of ketones is 1. The number of nitrogens with zero attached hydrogens (tertiary/aromatic N) is 5. The quantitative estimate of drug-likeness (QED) is 0.122. The van der Waals surface area contributed by atoms with Crippen molar-refractivity contribution < 1.29 is 23.9 Å². The van der Waals surface area contributed by atoms with Crippen LogP contribution in [0.4, 0.5) is 5.69 Å². The van der Waals surface area contributed by atoms with Gasteiger partial charge >= 0.3 is 0 Å². The summed E-state index contributed by atoms with van der Waals surface area (Å²) in [6.45, 7) is 8.99. The molecule has 0 radical (unpaired) electrons. The summed E-state index contributed by atoms with van der Waals surface area (Å²) in [6.07, 6.45) is 5.31. The molecule has 0 spiro atoms. The number of fused-ring (bicyclic) bond motifs is 2. The van der Waals surface area contributed by atoms with Gasteiger partial charge in [-0.2, -0.15) is 0 Å². The van der Waals surface area contributed by atoms with Crippen molar-refractivity contribution in [1.29, 1.82) is 0 Å². The average molecular weight is 708 g/mol. The van der Waals surface area contributed by atoms with E-state index in [0.717, 1.165) is 55.2 Å². The van der Waals surface area contributed by atoms with Crippen LogP contribution in [0.3, 0.4) is 0 Å². The number of aromatic nitrogens is 3. The van der Waals surface area contributed by atoms with Crippen molar-refractivity contribution in [1.82, 2.24) is 25.0 Å². The molecule has 1 fully saturated rings. The molecule has 3 aliphatic heterocycles. The van der Waals surface area contributed by atoms with Gasteiger partial charge in [-0.15, -0.1) is 10.2 Å². The zero-order valence-corrected chi connectivity index (χ0v) is 30.5. The molecule has 3 aromatic rings. The molecule has 2 unspecified atom stereocenters. The Morgan fingerprint density at radius 2 is 1.73 bits per heavy atom. The molecule has 0 bridgehead atoms. The van der Waals surface area contributed by atoms with Gasteiger partial charge in [-0.1, -0.05) is 47.5 Å². The smallest absolute Gasteiger partial charge is 0.263 e. The summed E-state index contributed by atoms with van der Waals surface area (Å²) in [7, 11) is 0. The number of aryl methyl sites for hydroxylation is 1. The van der Waals surface area contributed by atoms with Crippen LogP contribution in [0.15, 0.2) is 64.7 Å². The van der Waals surface area contributed by atoms with E-state index in [1.54, 1.807) is 12.1 Å². The second-order valence-electron chi connectivity index (χ2n) is 14.0. The van der Waals surface area contributed by atoms with Crippen molar-refractivity contribution in [2.75, 3.05) is 31.6 Å². The number of nitrogens with one attached hydrogen (secondary N) is 2. The number of ether oxygens (including phenoxy) is 1. The van der Waals surface area contributed by atoms with Crippen molar-refractivity contribution in [3.05, 3.63) is 88.0 Å². The molecule has 0 saturated carbocycles. The highest BCUT2D eigenvalue weighted by molar-refractivity contribution is 6.24. The van der Waals surface area contributed by atoms with Gasteiger partial charge in [0.25, 0.3) is 11.8 Å². The summed E-state index contributed by atoms with van der Waals surface area (Å²) >= 11 is 0. The number of hydrogen-bond acceptors (Lipinski definition) is 9. The Labute approximate surface area is 305 Å². The zero-order valence-electron chi connectivity index (χ0n) is 30.5. The highest BCUT2D eigenvalue weighted by Crippen LogP contribution is 2.32. The van der Waals surface area contributed by atoms with Gasteiger partial charge in [0.05, 0.1) is 17.2 Å². The van der Waals surface area contributed by atoms with Gasteiger partial charge in [-0.25, -0.2) is 0 Å².